The summed E-state index contributed by atoms with van der Waals surface area (Å²) < 4.78 is 6.24. The second kappa shape index (κ2) is 8.63. The van der Waals surface area contributed by atoms with Crippen LogP contribution in [-0.2, 0) is 24.8 Å². The Morgan fingerprint density at radius 3 is 2.97 bits per heavy atom. The molecule has 0 aromatic heterocycles. The van der Waals surface area contributed by atoms with Crippen LogP contribution in [0.1, 0.15) is 51.5 Å². The fraction of sp³-hybridized carbons (Fsp3) is 0.615. The van der Waals surface area contributed by atoms with Crippen LogP contribution in [0, 0.1) is 23.7 Å². The number of aldehydes is 1. The Bertz CT molecular complexity index is 1020. The largest absolute Gasteiger partial charge is 0.458 e. The summed E-state index contributed by atoms with van der Waals surface area (Å²) in [4.78, 5) is 30.8. The van der Waals surface area contributed by atoms with E-state index in [4.69, 9.17) is 21.2 Å². The number of hydrogen-bond donors (Lipinski definition) is 2. The SMILES string of the molecule is CC(C=O)C1CCCC2C1C=CCC2(C)OC(=O)[C@@H]1C[C@@]2(O)c3cccc(Cl)c3N(C)O[C@H]2N1. The first kappa shape index (κ1) is 23.8. The van der Waals surface area contributed by atoms with E-state index in [0.717, 1.165) is 25.5 Å². The Morgan fingerprint density at radius 1 is 1.41 bits per heavy atom. The first-order valence-electron chi connectivity index (χ1n) is 12.2. The van der Waals surface area contributed by atoms with Crippen molar-refractivity contribution in [2.75, 3.05) is 12.1 Å². The number of fused-ring (bicyclic) bond motifs is 4. The molecule has 2 N–H and O–H groups in total. The van der Waals surface area contributed by atoms with Gasteiger partial charge in [0, 0.05) is 37.3 Å². The number of rotatable bonds is 4. The lowest BCUT2D eigenvalue weighted by Crippen LogP contribution is -2.52. The molecule has 184 valence electrons. The van der Waals surface area contributed by atoms with Crippen LogP contribution in [0.5, 0.6) is 0 Å². The van der Waals surface area contributed by atoms with Crippen LogP contribution in [0.15, 0.2) is 30.4 Å². The number of nitrogens with zero attached hydrogens (tertiary/aromatic N) is 1. The summed E-state index contributed by atoms with van der Waals surface area (Å²) in [5.74, 6) is 0.237. The molecule has 7 nitrogen and oxygen atoms in total. The van der Waals surface area contributed by atoms with Gasteiger partial charge in [-0.2, -0.15) is 0 Å². The Labute approximate surface area is 205 Å². The van der Waals surface area contributed by atoms with Crippen molar-refractivity contribution in [3.05, 3.63) is 40.9 Å². The van der Waals surface area contributed by atoms with Crippen LogP contribution < -0.4 is 10.4 Å². The minimum Gasteiger partial charge on any atom is -0.458 e. The average Bonchev–Trinajstić information content (AvgIpc) is 3.16. The van der Waals surface area contributed by atoms with Crippen LogP contribution in [0.25, 0.3) is 0 Å². The minimum absolute atomic E-state index is 0.0228. The number of aliphatic hydroxyl groups is 1. The fourth-order valence-corrected chi connectivity index (χ4v) is 7.00. The van der Waals surface area contributed by atoms with E-state index in [1.54, 1.807) is 19.2 Å². The number of carbonyl (C=O) groups excluding carboxylic acids is 2. The maximum atomic E-state index is 13.4. The topological polar surface area (TPSA) is 88.1 Å². The quantitative estimate of drug-likeness (QED) is 0.379. The van der Waals surface area contributed by atoms with E-state index in [1.165, 1.54) is 5.06 Å². The number of esters is 1. The third kappa shape index (κ3) is 3.68. The van der Waals surface area contributed by atoms with E-state index in [9.17, 15) is 14.7 Å². The number of ether oxygens (including phenoxy) is 1. The molecule has 2 aliphatic heterocycles. The minimum atomic E-state index is -1.40. The van der Waals surface area contributed by atoms with Gasteiger partial charge < -0.3 is 14.6 Å². The molecule has 0 radical (unpaired) electrons. The second-order valence-electron chi connectivity index (χ2n) is 10.6. The van der Waals surface area contributed by atoms with E-state index in [0.29, 0.717) is 22.7 Å². The highest BCUT2D eigenvalue weighted by Gasteiger charge is 2.57. The number of para-hydroxylation sites is 1. The third-order valence-electron chi connectivity index (χ3n) is 8.52. The Balaban J connectivity index is 1.36. The van der Waals surface area contributed by atoms with Gasteiger partial charge >= 0.3 is 5.97 Å². The van der Waals surface area contributed by atoms with Crippen molar-refractivity contribution >= 4 is 29.5 Å². The van der Waals surface area contributed by atoms with Crippen LogP contribution in [0.4, 0.5) is 5.69 Å². The van der Waals surface area contributed by atoms with Crippen molar-refractivity contribution in [3.8, 4) is 0 Å². The molecular formula is C26H33ClN2O5. The molecule has 2 aliphatic carbocycles. The monoisotopic (exact) mass is 488 g/mol. The molecule has 1 saturated heterocycles. The highest BCUT2D eigenvalue weighted by Crippen LogP contribution is 2.50. The molecular weight excluding hydrogens is 456 g/mol. The zero-order chi connectivity index (χ0) is 24.3. The summed E-state index contributed by atoms with van der Waals surface area (Å²) in [6, 6.07) is 4.63. The van der Waals surface area contributed by atoms with Gasteiger partial charge in [0.25, 0.3) is 0 Å². The van der Waals surface area contributed by atoms with Gasteiger partial charge in [0.05, 0.1) is 10.7 Å². The smallest absolute Gasteiger partial charge is 0.323 e. The predicted molar refractivity (Wildman–Crippen MR) is 128 cm³/mol. The van der Waals surface area contributed by atoms with Crippen LogP contribution in [0.2, 0.25) is 5.02 Å². The van der Waals surface area contributed by atoms with Gasteiger partial charge in [-0.05, 0) is 37.7 Å². The molecule has 0 bridgehead atoms. The van der Waals surface area contributed by atoms with E-state index in [2.05, 4.69) is 17.5 Å². The lowest BCUT2D eigenvalue weighted by molar-refractivity contribution is -0.172. The van der Waals surface area contributed by atoms with E-state index >= 15 is 0 Å². The highest BCUT2D eigenvalue weighted by atomic mass is 35.5. The number of benzene rings is 1. The Morgan fingerprint density at radius 2 is 2.21 bits per heavy atom. The van der Waals surface area contributed by atoms with Crippen molar-refractivity contribution < 1.29 is 24.3 Å². The summed E-state index contributed by atoms with van der Waals surface area (Å²) in [5.41, 5.74) is -0.828. The van der Waals surface area contributed by atoms with Crippen molar-refractivity contribution in [2.45, 2.75) is 69.4 Å². The normalized spacial score (nSPS) is 39.6. The first-order valence-corrected chi connectivity index (χ1v) is 12.6. The molecule has 2 fully saturated rings. The van der Waals surface area contributed by atoms with Gasteiger partial charge in [-0.3, -0.25) is 20.0 Å². The molecule has 1 aromatic rings. The zero-order valence-electron chi connectivity index (χ0n) is 19.9. The summed E-state index contributed by atoms with van der Waals surface area (Å²) >= 11 is 6.37. The number of nitrogens with one attached hydrogen (secondary N) is 1. The molecule has 4 aliphatic rings. The lowest BCUT2D eigenvalue weighted by Gasteiger charge is -2.49. The van der Waals surface area contributed by atoms with Crippen molar-refractivity contribution in [1.82, 2.24) is 5.32 Å². The standard InChI is InChI=1S/C26H33ClN2O5/c1-15(14-30)16-7-4-9-18-17(16)8-6-12-25(18,2)33-23(31)21-13-26(32)19-10-5-11-20(27)22(19)29(3)34-24(26)28-21/h5-6,8,10-11,14-18,21,24,28,32H,4,7,9,12-13H2,1-3H3/t15?,16?,17?,18?,21-,24+,25?,26+/m0/s1. The lowest BCUT2D eigenvalue weighted by atomic mass is 9.60. The molecule has 8 atom stereocenters. The number of halogens is 1. The number of anilines is 1. The van der Waals surface area contributed by atoms with E-state index < -0.39 is 23.5 Å². The van der Waals surface area contributed by atoms with E-state index in [1.807, 2.05) is 19.9 Å². The Hall–Kier alpha value is -1.93. The Kier molecular flexibility index (Phi) is 6.04. The molecule has 8 heteroatoms. The molecule has 1 aromatic carbocycles. The molecule has 0 spiro atoms. The summed E-state index contributed by atoms with van der Waals surface area (Å²) in [7, 11) is 1.73. The highest BCUT2D eigenvalue weighted by molar-refractivity contribution is 6.33. The summed E-state index contributed by atoms with van der Waals surface area (Å²) in [6.45, 7) is 3.99. The van der Waals surface area contributed by atoms with Gasteiger partial charge in [0.1, 0.15) is 23.5 Å². The number of allylic oxidation sites excluding steroid dienone is 1. The van der Waals surface area contributed by atoms with Gasteiger partial charge in [-0.1, -0.05) is 49.2 Å². The summed E-state index contributed by atoms with van der Waals surface area (Å²) in [6.07, 6.45) is 8.34. The third-order valence-corrected chi connectivity index (χ3v) is 8.82. The number of hydrogen-bond acceptors (Lipinski definition) is 7. The second-order valence-corrected chi connectivity index (χ2v) is 11.0. The molecule has 5 rings (SSSR count). The summed E-state index contributed by atoms with van der Waals surface area (Å²) in [5, 5.41) is 16.7. The molecule has 1 saturated carbocycles. The average molecular weight is 489 g/mol. The number of carbonyl (C=O) groups is 2. The van der Waals surface area contributed by atoms with Crippen molar-refractivity contribution in [3.63, 3.8) is 0 Å². The maximum Gasteiger partial charge on any atom is 0.323 e. The zero-order valence-corrected chi connectivity index (χ0v) is 20.6. The van der Waals surface area contributed by atoms with Crippen LogP contribution >= 0.6 is 11.6 Å². The maximum absolute atomic E-state index is 13.4. The molecule has 5 unspecified atom stereocenters. The molecule has 0 amide bonds. The van der Waals surface area contributed by atoms with Gasteiger partial charge in [0.2, 0.25) is 0 Å². The molecule has 2 heterocycles. The number of hydroxylamine groups is 1. The van der Waals surface area contributed by atoms with Crippen molar-refractivity contribution in [2.24, 2.45) is 23.7 Å². The van der Waals surface area contributed by atoms with Crippen LogP contribution in [-0.4, -0.2) is 42.3 Å². The first-order chi connectivity index (χ1) is 16.2. The van der Waals surface area contributed by atoms with Crippen LogP contribution in [0.3, 0.4) is 0 Å². The fourth-order valence-electron chi connectivity index (χ4n) is 6.70. The molecule has 34 heavy (non-hydrogen) atoms. The van der Waals surface area contributed by atoms with E-state index in [-0.39, 0.29) is 36.1 Å². The van der Waals surface area contributed by atoms with Gasteiger partial charge in [0.15, 0.2) is 6.23 Å². The van der Waals surface area contributed by atoms with Crippen molar-refractivity contribution in [1.29, 1.82) is 0 Å². The predicted octanol–water partition coefficient (Wildman–Crippen LogP) is 3.73. The van der Waals surface area contributed by atoms with Gasteiger partial charge in [-0.15, -0.1) is 0 Å². The van der Waals surface area contributed by atoms with Gasteiger partial charge in [-0.25, -0.2) is 0 Å².